The molecule has 0 saturated carbocycles. The molecule has 5 aromatic carbocycles. The molecule has 0 radical (unpaired) electrons. The molecule has 0 aromatic heterocycles. The lowest BCUT2D eigenvalue weighted by molar-refractivity contribution is -0.142. The highest BCUT2D eigenvalue weighted by Gasteiger charge is 2.40. The molecule has 0 aliphatic carbocycles. The second-order valence-corrected chi connectivity index (χ2v) is 16.6. The fourth-order valence-corrected chi connectivity index (χ4v) is 7.52. The second-order valence-electron chi connectivity index (χ2n) is 15.8. The van der Waals surface area contributed by atoms with Crippen molar-refractivity contribution in [2.75, 3.05) is 0 Å². The Balaban J connectivity index is 1.06. The van der Waals surface area contributed by atoms with Crippen LogP contribution in [0.5, 0.6) is 11.5 Å². The number of fused-ring (bicyclic) bond motifs is 2. The molecule has 5 aromatic rings. The van der Waals surface area contributed by atoms with Gasteiger partial charge in [-0.25, -0.2) is 9.59 Å². The fourth-order valence-electron chi connectivity index (χ4n) is 7.20. The van der Waals surface area contributed by atoms with E-state index in [-0.39, 0.29) is 38.2 Å². The summed E-state index contributed by atoms with van der Waals surface area (Å²) >= 11 is 12.1. The minimum absolute atomic E-state index is 0.00687. The molecule has 0 bridgehead atoms. The Morgan fingerprint density at radius 1 is 0.883 bits per heavy atom. The molecule has 0 saturated heterocycles. The van der Waals surface area contributed by atoms with Crippen LogP contribution in [0.2, 0.25) is 10.0 Å². The number of carboxylic acids is 1. The van der Waals surface area contributed by atoms with E-state index in [1.165, 1.54) is 4.90 Å². The van der Waals surface area contributed by atoms with Crippen molar-refractivity contribution in [3.05, 3.63) is 152 Å². The number of Topliss-reactive ketones (excluding diaryl/α,β-unsaturated/α-hetero) is 1. The molecule has 0 spiro atoms. The third-order valence-corrected chi connectivity index (χ3v) is 11.0. The van der Waals surface area contributed by atoms with Crippen LogP contribution < -0.4 is 14.8 Å². The quantitative estimate of drug-likeness (QED) is 0.140. The second kappa shape index (κ2) is 17.5. The highest BCUT2D eigenvalue weighted by atomic mass is 35.5. The SMILES string of the molecule is CC(C)(C)OC(=O)N1Cc2cc3c(cc2C[C@H]1C(=O)N[C@@H](Cc1ccc(-c2ccc(C#N)cc2)cc1)C(=O)O)CC(=O)C(c1ccc(OCc2ccc(Cl)c(Cl)c2)cc1)O3. The summed E-state index contributed by atoms with van der Waals surface area (Å²) < 4.78 is 17.9. The van der Waals surface area contributed by atoms with Crippen LogP contribution in [0.4, 0.5) is 4.79 Å². The third kappa shape index (κ3) is 9.74. The molecule has 2 heterocycles. The highest BCUT2D eigenvalue weighted by Crippen LogP contribution is 2.38. The van der Waals surface area contributed by atoms with E-state index < -0.39 is 41.8 Å². The van der Waals surface area contributed by atoms with Gasteiger partial charge in [-0.2, -0.15) is 5.26 Å². The molecule has 306 valence electrons. The molecule has 0 fully saturated rings. The average molecular weight is 847 g/mol. The van der Waals surface area contributed by atoms with Gasteiger partial charge < -0.3 is 24.6 Å². The Morgan fingerprint density at radius 2 is 1.55 bits per heavy atom. The van der Waals surface area contributed by atoms with Crippen LogP contribution in [-0.4, -0.2) is 51.4 Å². The van der Waals surface area contributed by atoms with Gasteiger partial charge in [0.1, 0.15) is 35.8 Å². The number of hydrogen-bond acceptors (Lipinski definition) is 8. The van der Waals surface area contributed by atoms with E-state index in [0.29, 0.717) is 49.4 Å². The molecular formula is C47H41Cl2N3O8. The van der Waals surface area contributed by atoms with Crippen molar-refractivity contribution in [3.63, 3.8) is 0 Å². The number of nitrogens with zero attached hydrogens (tertiary/aromatic N) is 2. The molecule has 2 aliphatic heterocycles. The van der Waals surface area contributed by atoms with E-state index in [1.807, 2.05) is 36.4 Å². The summed E-state index contributed by atoms with van der Waals surface area (Å²) in [7, 11) is 0. The van der Waals surface area contributed by atoms with E-state index in [9.17, 15) is 24.3 Å². The summed E-state index contributed by atoms with van der Waals surface area (Å²) in [6.07, 6.45) is -1.47. The lowest BCUT2D eigenvalue weighted by Crippen LogP contribution is -2.56. The van der Waals surface area contributed by atoms with Crippen molar-refractivity contribution in [3.8, 4) is 28.7 Å². The maximum Gasteiger partial charge on any atom is 0.411 e. The standard InChI is InChI=1S/C47H41Cl2N3O8/c1-47(2,3)60-46(57)52-25-35-23-42-34(22-41(53)43(59-42)32-13-15-36(16-14-32)58-26-29-8-17-37(48)38(49)18-29)20-33(35)21-40(52)44(54)51-39(45(55)56)19-27-4-9-30(10-5-27)31-11-6-28(24-50)7-12-31/h4-18,20,23,39-40,43H,19,21-22,25-26H2,1-3H3,(H,51,54)(H,55,56)/t39-,40-,43?/m0/s1. The van der Waals surface area contributed by atoms with Gasteiger partial charge >= 0.3 is 12.1 Å². The number of hydrogen-bond donors (Lipinski definition) is 2. The molecule has 13 heteroatoms. The first-order chi connectivity index (χ1) is 28.6. The van der Waals surface area contributed by atoms with Gasteiger partial charge in [-0.1, -0.05) is 83.9 Å². The van der Waals surface area contributed by atoms with Crippen LogP contribution in [0.15, 0.2) is 103 Å². The number of amides is 2. The van der Waals surface area contributed by atoms with Gasteiger partial charge in [0.2, 0.25) is 5.91 Å². The highest BCUT2D eigenvalue weighted by molar-refractivity contribution is 6.42. The van der Waals surface area contributed by atoms with Crippen molar-refractivity contribution in [2.24, 2.45) is 0 Å². The van der Waals surface area contributed by atoms with Gasteiger partial charge in [0, 0.05) is 30.4 Å². The largest absolute Gasteiger partial charge is 0.489 e. The van der Waals surface area contributed by atoms with E-state index in [0.717, 1.165) is 22.3 Å². The van der Waals surface area contributed by atoms with E-state index in [1.54, 1.807) is 87.5 Å². The van der Waals surface area contributed by atoms with Crippen molar-refractivity contribution in [1.29, 1.82) is 5.26 Å². The molecule has 7 rings (SSSR count). The number of ether oxygens (including phenoxy) is 3. The summed E-state index contributed by atoms with van der Waals surface area (Å²) in [6, 6.07) is 30.1. The van der Waals surface area contributed by atoms with Crippen LogP contribution in [0, 0.1) is 11.3 Å². The fraction of sp³-hybridized carbons (Fsp3) is 0.255. The summed E-state index contributed by atoms with van der Waals surface area (Å²) in [5, 5.41) is 22.9. The zero-order valence-electron chi connectivity index (χ0n) is 33.0. The zero-order chi connectivity index (χ0) is 42.7. The normalized spacial score (nSPS) is 16.3. The van der Waals surface area contributed by atoms with Crippen molar-refractivity contribution in [1.82, 2.24) is 10.2 Å². The predicted octanol–water partition coefficient (Wildman–Crippen LogP) is 8.83. The number of halogens is 2. The van der Waals surface area contributed by atoms with Crippen LogP contribution >= 0.6 is 23.2 Å². The van der Waals surface area contributed by atoms with Gasteiger partial charge in [0.25, 0.3) is 0 Å². The maximum absolute atomic E-state index is 14.0. The first kappa shape index (κ1) is 41.8. The monoisotopic (exact) mass is 845 g/mol. The van der Waals surface area contributed by atoms with Crippen molar-refractivity contribution >= 4 is 47.0 Å². The van der Waals surface area contributed by atoms with Crippen LogP contribution in [-0.2, 0) is 51.5 Å². The lowest BCUT2D eigenvalue weighted by Gasteiger charge is -2.38. The van der Waals surface area contributed by atoms with Gasteiger partial charge in [-0.15, -0.1) is 0 Å². The number of ketones is 1. The van der Waals surface area contributed by atoms with E-state index in [4.69, 9.17) is 42.7 Å². The minimum Gasteiger partial charge on any atom is -0.489 e. The number of rotatable bonds is 10. The summed E-state index contributed by atoms with van der Waals surface area (Å²) in [4.78, 5) is 55.0. The Kier molecular flexibility index (Phi) is 12.2. The number of benzene rings is 5. The Bertz CT molecular complexity index is 2490. The number of carbonyl (C=O) groups is 4. The summed E-state index contributed by atoms with van der Waals surface area (Å²) in [5.74, 6) is -0.956. The van der Waals surface area contributed by atoms with Crippen LogP contribution in [0.1, 0.15) is 65.8 Å². The molecular weight excluding hydrogens is 805 g/mol. The minimum atomic E-state index is -1.30. The van der Waals surface area contributed by atoms with E-state index in [2.05, 4.69) is 11.4 Å². The lowest BCUT2D eigenvalue weighted by atomic mass is 9.88. The molecule has 1 unspecified atom stereocenters. The Labute approximate surface area is 357 Å². The summed E-state index contributed by atoms with van der Waals surface area (Å²) in [6.45, 7) is 5.42. The maximum atomic E-state index is 14.0. The number of aliphatic carboxylic acids is 1. The smallest absolute Gasteiger partial charge is 0.411 e. The van der Waals surface area contributed by atoms with Gasteiger partial charge in [-0.05, 0) is 96.6 Å². The molecule has 60 heavy (non-hydrogen) atoms. The van der Waals surface area contributed by atoms with E-state index >= 15 is 0 Å². The Hall–Kier alpha value is -6.35. The van der Waals surface area contributed by atoms with Gasteiger partial charge in [-0.3, -0.25) is 14.5 Å². The van der Waals surface area contributed by atoms with Crippen molar-refractivity contribution in [2.45, 2.75) is 77.0 Å². The molecule has 2 amide bonds. The first-order valence-corrected chi connectivity index (χ1v) is 20.0. The average Bonchev–Trinajstić information content (AvgIpc) is 3.22. The summed E-state index contributed by atoms with van der Waals surface area (Å²) in [5.41, 5.74) is 5.72. The van der Waals surface area contributed by atoms with Gasteiger partial charge in [0.05, 0.1) is 28.2 Å². The first-order valence-electron chi connectivity index (χ1n) is 19.3. The van der Waals surface area contributed by atoms with Crippen LogP contribution in [0.25, 0.3) is 11.1 Å². The van der Waals surface area contributed by atoms with Crippen molar-refractivity contribution < 1.29 is 38.5 Å². The predicted molar refractivity (Wildman–Crippen MR) is 225 cm³/mol. The number of carboxylic acid groups (broad SMARTS) is 1. The van der Waals surface area contributed by atoms with Crippen LogP contribution in [0.3, 0.4) is 0 Å². The number of nitriles is 1. The third-order valence-electron chi connectivity index (χ3n) is 10.3. The molecule has 2 aliphatic rings. The topological polar surface area (TPSA) is 155 Å². The number of nitrogens with one attached hydrogen (secondary N) is 1. The molecule has 3 atom stereocenters. The Morgan fingerprint density at radius 3 is 2.18 bits per heavy atom. The molecule has 11 nitrogen and oxygen atoms in total. The van der Waals surface area contributed by atoms with Gasteiger partial charge in [0.15, 0.2) is 11.9 Å². The number of carbonyl (C=O) groups excluding carboxylic acids is 3. The molecule has 2 N–H and O–H groups in total. The zero-order valence-corrected chi connectivity index (χ0v) is 34.5.